The monoisotopic (exact) mass is 329 g/mol. The van der Waals surface area contributed by atoms with E-state index in [1.807, 2.05) is 40.2 Å². The number of aliphatic carboxylic acids is 1. The fourth-order valence-corrected chi connectivity index (χ4v) is 3.32. The van der Waals surface area contributed by atoms with Crippen molar-refractivity contribution in [2.45, 2.75) is 20.3 Å². The third-order valence-electron chi connectivity index (χ3n) is 3.51. The predicted octanol–water partition coefficient (Wildman–Crippen LogP) is 4.33. The lowest BCUT2D eigenvalue weighted by molar-refractivity contribution is -0.136. The Morgan fingerprint density at radius 1 is 1.26 bits per heavy atom. The molecule has 0 atom stereocenters. The van der Waals surface area contributed by atoms with Gasteiger partial charge in [0.15, 0.2) is 0 Å². The lowest BCUT2D eigenvalue weighted by Gasteiger charge is -2.08. The first-order valence-corrected chi connectivity index (χ1v) is 8.44. The number of nitrogens with zero attached hydrogens (tertiary/aromatic N) is 1. The van der Waals surface area contributed by atoms with Gasteiger partial charge in [0.05, 0.1) is 17.9 Å². The van der Waals surface area contributed by atoms with Gasteiger partial charge >= 0.3 is 5.97 Å². The molecule has 0 bridgehead atoms. The molecule has 5 heteroatoms. The number of thiazole rings is 1. The van der Waals surface area contributed by atoms with Gasteiger partial charge in [0.2, 0.25) is 0 Å². The third kappa shape index (κ3) is 3.56. The molecule has 2 aromatic heterocycles. The van der Waals surface area contributed by atoms with Gasteiger partial charge in [-0.15, -0.1) is 11.3 Å². The topological polar surface area (TPSA) is 50.9 Å². The number of carboxylic acids is 1. The van der Waals surface area contributed by atoms with Gasteiger partial charge in [-0.1, -0.05) is 26.0 Å². The zero-order valence-corrected chi connectivity index (χ0v) is 14.0. The summed E-state index contributed by atoms with van der Waals surface area (Å²) in [5.41, 5.74) is 2.98. The minimum Gasteiger partial charge on any atom is -0.493 e. The van der Waals surface area contributed by atoms with Gasteiger partial charge in [0.25, 0.3) is 0 Å². The van der Waals surface area contributed by atoms with Crippen LogP contribution in [-0.2, 0) is 11.2 Å². The number of carboxylic acid groups (broad SMARTS) is 1. The molecule has 0 spiro atoms. The third-order valence-corrected chi connectivity index (χ3v) is 4.46. The van der Waals surface area contributed by atoms with Crippen molar-refractivity contribution < 1.29 is 14.6 Å². The lowest BCUT2D eigenvalue weighted by atomic mass is 10.1. The molecule has 3 aromatic rings. The summed E-state index contributed by atoms with van der Waals surface area (Å²) in [6.45, 7) is 4.95. The Morgan fingerprint density at radius 3 is 2.65 bits per heavy atom. The van der Waals surface area contributed by atoms with Crippen molar-refractivity contribution in [2.24, 2.45) is 5.92 Å². The molecule has 2 heterocycles. The number of benzene rings is 1. The maximum absolute atomic E-state index is 10.9. The van der Waals surface area contributed by atoms with E-state index in [0.717, 1.165) is 27.4 Å². The second kappa shape index (κ2) is 6.46. The Morgan fingerprint density at radius 2 is 2.00 bits per heavy atom. The molecule has 0 radical (unpaired) electrons. The van der Waals surface area contributed by atoms with Crippen LogP contribution in [0.2, 0.25) is 0 Å². The molecule has 0 aliphatic carbocycles. The quantitative estimate of drug-likeness (QED) is 0.732. The van der Waals surface area contributed by atoms with Crippen LogP contribution in [0.25, 0.3) is 16.0 Å². The van der Waals surface area contributed by atoms with E-state index in [9.17, 15) is 4.79 Å². The molecule has 0 amide bonds. The molecule has 4 nitrogen and oxygen atoms in total. The summed E-state index contributed by atoms with van der Waals surface area (Å²) in [4.78, 5) is 12.0. The van der Waals surface area contributed by atoms with Crippen LogP contribution in [0.4, 0.5) is 0 Å². The van der Waals surface area contributed by atoms with Crippen molar-refractivity contribution >= 4 is 22.1 Å². The van der Waals surface area contributed by atoms with Gasteiger partial charge in [-0.05, 0) is 29.7 Å². The van der Waals surface area contributed by atoms with Crippen molar-refractivity contribution in [1.82, 2.24) is 4.40 Å². The molecular weight excluding hydrogens is 310 g/mol. The minimum absolute atomic E-state index is 0.0378. The molecule has 1 aromatic carbocycles. The van der Waals surface area contributed by atoms with Crippen molar-refractivity contribution in [3.8, 4) is 16.9 Å². The second-order valence-electron chi connectivity index (χ2n) is 5.96. The molecule has 3 rings (SSSR count). The highest BCUT2D eigenvalue weighted by Crippen LogP contribution is 2.28. The van der Waals surface area contributed by atoms with Gasteiger partial charge in [-0.2, -0.15) is 0 Å². The number of hydrogen-bond donors (Lipinski definition) is 1. The molecule has 120 valence electrons. The zero-order chi connectivity index (χ0) is 16.4. The summed E-state index contributed by atoms with van der Waals surface area (Å²) in [7, 11) is 0. The predicted molar refractivity (Wildman–Crippen MR) is 92.4 cm³/mol. The molecule has 23 heavy (non-hydrogen) atoms. The molecule has 0 aliphatic rings. The van der Waals surface area contributed by atoms with E-state index in [1.165, 1.54) is 0 Å². The van der Waals surface area contributed by atoms with Crippen molar-refractivity contribution in [3.63, 3.8) is 0 Å². The maximum atomic E-state index is 10.9. The molecular formula is C18H19NO3S. The lowest BCUT2D eigenvalue weighted by Crippen LogP contribution is -2.04. The summed E-state index contributed by atoms with van der Waals surface area (Å²) in [5, 5.41) is 10.9. The number of aromatic nitrogens is 1. The Kier molecular flexibility index (Phi) is 4.39. The molecule has 1 N–H and O–H groups in total. The van der Waals surface area contributed by atoms with Crippen LogP contribution in [0.5, 0.6) is 5.75 Å². The summed E-state index contributed by atoms with van der Waals surface area (Å²) < 4.78 is 7.65. The van der Waals surface area contributed by atoms with Crippen LogP contribution in [0.1, 0.15) is 19.5 Å². The SMILES string of the molecule is CC(C)COc1ccc(-c2cc3scc(CC(=O)O)n3c2)cc1. The van der Waals surface area contributed by atoms with E-state index in [1.54, 1.807) is 11.3 Å². The van der Waals surface area contributed by atoms with E-state index >= 15 is 0 Å². The summed E-state index contributed by atoms with van der Waals surface area (Å²) in [6, 6.07) is 10.1. The number of fused-ring (bicyclic) bond motifs is 1. The van der Waals surface area contributed by atoms with E-state index in [4.69, 9.17) is 9.84 Å². The smallest absolute Gasteiger partial charge is 0.309 e. The molecule has 0 saturated heterocycles. The van der Waals surface area contributed by atoms with Gasteiger partial charge < -0.3 is 14.2 Å². The normalized spacial score (nSPS) is 11.3. The van der Waals surface area contributed by atoms with E-state index in [-0.39, 0.29) is 6.42 Å². The number of rotatable bonds is 6. The fourth-order valence-electron chi connectivity index (χ4n) is 2.39. The fraction of sp³-hybridized carbons (Fsp3) is 0.278. The van der Waals surface area contributed by atoms with Gasteiger partial charge in [0.1, 0.15) is 5.75 Å². The highest BCUT2D eigenvalue weighted by Gasteiger charge is 2.10. The van der Waals surface area contributed by atoms with E-state index in [0.29, 0.717) is 12.5 Å². The zero-order valence-electron chi connectivity index (χ0n) is 13.2. The van der Waals surface area contributed by atoms with Crippen LogP contribution >= 0.6 is 11.3 Å². The average Bonchev–Trinajstić information content (AvgIpc) is 3.07. The van der Waals surface area contributed by atoms with Crippen LogP contribution in [-0.4, -0.2) is 22.1 Å². The standard InChI is InChI=1S/C18H19NO3S/c1-12(2)10-22-16-5-3-13(4-6-16)14-7-17-19(9-14)15(11-23-17)8-18(20)21/h3-7,9,11-12H,8,10H2,1-2H3,(H,20,21). The average molecular weight is 329 g/mol. The Balaban J connectivity index is 1.82. The van der Waals surface area contributed by atoms with Gasteiger partial charge in [-0.3, -0.25) is 4.79 Å². The number of hydrogen-bond acceptors (Lipinski definition) is 3. The highest BCUT2D eigenvalue weighted by atomic mass is 32.1. The Bertz CT molecular complexity index is 815. The van der Waals surface area contributed by atoms with Crippen molar-refractivity contribution in [1.29, 1.82) is 0 Å². The van der Waals surface area contributed by atoms with E-state index in [2.05, 4.69) is 19.9 Å². The largest absolute Gasteiger partial charge is 0.493 e. The summed E-state index contributed by atoms with van der Waals surface area (Å²) in [6.07, 6.45) is 2.03. The Labute approximate surface area is 139 Å². The van der Waals surface area contributed by atoms with Crippen LogP contribution in [0.3, 0.4) is 0 Å². The second-order valence-corrected chi connectivity index (χ2v) is 6.85. The van der Waals surface area contributed by atoms with E-state index < -0.39 is 5.97 Å². The number of ether oxygens (including phenoxy) is 1. The van der Waals surface area contributed by atoms with Gasteiger partial charge in [-0.25, -0.2) is 0 Å². The molecule has 0 unspecified atom stereocenters. The first kappa shape index (κ1) is 15.6. The van der Waals surface area contributed by atoms with Crippen LogP contribution in [0.15, 0.2) is 41.9 Å². The summed E-state index contributed by atoms with van der Waals surface area (Å²) in [5.74, 6) is 0.558. The highest BCUT2D eigenvalue weighted by molar-refractivity contribution is 7.15. The van der Waals surface area contributed by atoms with Crippen molar-refractivity contribution in [2.75, 3.05) is 6.61 Å². The molecule has 0 aliphatic heterocycles. The maximum Gasteiger partial charge on any atom is 0.309 e. The van der Waals surface area contributed by atoms with Crippen LogP contribution < -0.4 is 4.74 Å². The Hall–Kier alpha value is -2.27. The first-order chi connectivity index (χ1) is 11.0. The number of carbonyl (C=O) groups is 1. The summed E-state index contributed by atoms with van der Waals surface area (Å²) >= 11 is 1.56. The van der Waals surface area contributed by atoms with Crippen LogP contribution in [0, 0.1) is 5.92 Å². The minimum atomic E-state index is -0.813. The first-order valence-electron chi connectivity index (χ1n) is 7.56. The molecule has 0 fully saturated rings. The molecule has 0 saturated carbocycles. The van der Waals surface area contributed by atoms with Crippen molar-refractivity contribution in [3.05, 3.63) is 47.6 Å². The van der Waals surface area contributed by atoms with Gasteiger partial charge in [0, 0.05) is 22.8 Å².